The quantitative estimate of drug-likeness (QED) is 0.441. The zero-order valence-corrected chi connectivity index (χ0v) is 5.93. The predicted molar refractivity (Wildman–Crippen MR) is 37.0 cm³/mol. The second kappa shape index (κ2) is 2.13. The van der Waals surface area contributed by atoms with E-state index in [4.69, 9.17) is 15.6 Å². The van der Waals surface area contributed by atoms with E-state index in [2.05, 4.69) is 4.98 Å². The molecule has 1 aromatic rings. The molecule has 10 heavy (non-hydrogen) atoms. The maximum Gasteiger partial charge on any atom is 0.262 e. The fourth-order valence-corrected chi connectivity index (χ4v) is 0.588. The van der Waals surface area contributed by atoms with Gasteiger partial charge in [0.25, 0.3) is 5.89 Å². The number of nitrogens with one attached hydrogen (secondary N) is 1. The summed E-state index contributed by atoms with van der Waals surface area (Å²) in [4.78, 5) is 3.89. The molecule has 0 unspecified atom stereocenters. The Morgan fingerprint density at radius 1 is 1.60 bits per heavy atom. The molecule has 0 aliphatic heterocycles. The second-order valence-corrected chi connectivity index (χ2v) is 2.07. The molecule has 0 amide bonds. The third-order valence-corrected chi connectivity index (χ3v) is 1.26. The fourth-order valence-electron chi connectivity index (χ4n) is 0.588. The van der Waals surface area contributed by atoms with Gasteiger partial charge in [-0.1, -0.05) is 0 Å². The number of nitrogen functional groups attached to an aromatic ring is 1. The van der Waals surface area contributed by atoms with Crippen molar-refractivity contribution in [3.05, 3.63) is 17.3 Å². The Bertz CT molecular complexity index is 244. The molecule has 0 atom stereocenters. The van der Waals surface area contributed by atoms with Crippen molar-refractivity contribution in [3.63, 3.8) is 0 Å². The van der Waals surface area contributed by atoms with Gasteiger partial charge in [0.05, 0.1) is 5.69 Å². The number of nitrogens with two attached hydrogens (primary N) is 1. The van der Waals surface area contributed by atoms with Crippen LogP contribution in [0.4, 0.5) is 0 Å². The Morgan fingerprint density at radius 2 is 2.20 bits per heavy atom. The number of hydrogen-bond donors (Lipinski definition) is 2. The number of nitrogens with zero attached hydrogens (tertiary/aromatic N) is 1. The monoisotopic (exact) mass is 139 g/mol. The molecular weight excluding hydrogens is 130 g/mol. The minimum Gasteiger partial charge on any atom is -0.439 e. The summed E-state index contributed by atoms with van der Waals surface area (Å²) in [5.41, 5.74) is 5.91. The van der Waals surface area contributed by atoms with E-state index in [9.17, 15) is 0 Å². The van der Waals surface area contributed by atoms with Gasteiger partial charge in [-0.05, 0) is 13.8 Å². The Labute approximate surface area is 58.6 Å². The van der Waals surface area contributed by atoms with E-state index in [1.807, 2.05) is 6.92 Å². The van der Waals surface area contributed by atoms with Crippen molar-refractivity contribution in [2.75, 3.05) is 0 Å². The predicted octanol–water partition coefficient (Wildman–Crippen LogP) is 0.576. The molecule has 0 spiro atoms. The van der Waals surface area contributed by atoms with Crippen LogP contribution in [0, 0.1) is 19.3 Å². The highest BCUT2D eigenvalue weighted by atomic mass is 16.4. The van der Waals surface area contributed by atoms with Gasteiger partial charge >= 0.3 is 0 Å². The van der Waals surface area contributed by atoms with Crippen molar-refractivity contribution in [2.24, 2.45) is 5.73 Å². The maximum absolute atomic E-state index is 6.97. The number of aromatic nitrogens is 1. The van der Waals surface area contributed by atoms with Crippen molar-refractivity contribution in [2.45, 2.75) is 13.8 Å². The second-order valence-electron chi connectivity index (χ2n) is 2.07. The topological polar surface area (TPSA) is 75.9 Å². The number of rotatable bonds is 1. The van der Waals surface area contributed by atoms with E-state index in [0.717, 1.165) is 5.69 Å². The first-order chi connectivity index (χ1) is 4.61. The molecule has 54 valence electrons. The van der Waals surface area contributed by atoms with Crippen LogP contribution in [0.2, 0.25) is 0 Å². The lowest BCUT2D eigenvalue weighted by molar-refractivity contribution is 0.515. The first kappa shape index (κ1) is 6.80. The molecule has 4 nitrogen and oxygen atoms in total. The van der Waals surface area contributed by atoms with Crippen molar-refractivity contribution in [3.8, 4) is 0 Å². The van der Waals surface area contributed by atoms with Gasteiger partial charge in [-0.15, -0.1) is 0 Å². The molecule has 1 heterocycles. The molecule has 1 aromatic heterocycles. The molecule has 0 radical (unpaired) electrons. The summed E-state index contributed by atoms with van der Waals surface area (Å²) < 4.78 is 5.02. The average molecular weight is 139 g/mol. The number of hydrogen-bond acceptors (Lipinski definition) is 3. The summed E-state index contributed by atoms with van der Waals surface area (Å²) in [6.07, 6.45) is 0. The van der Waals surface area contributed by atoms with Crippen molar-refractivity contribution in [1.29, 1.82) is 5.41 Å². The normalized spacial score (nSPS) is 9.80. The van der Waals surface area contributed by atoms with Crippen LogP contribution in [0.5, 0.6) is 0 Å². The van der Waals surface area contributed by atoms with Crippen molar-refractivity contribution < 1.29 is 4.42 Å². The van der Waals surface area contributed by atoms with Crippen LogP contribution in [-0.2, 0) is 0 Å². The van der Waals surface area contributed by atoms with Gasteiger partial charge in [0.2, 0.25) is 0 Å². The zero-order valence-electron chi connectivity index (χ0n) is 5.93. The van der Waals surface area contributed by atoms with Gasteiger partial charge in [-0.3, -0.25) is 5.41 Å². The summed E-state index contributed by atoms with van der Waals surface area (Å²) in [5, 5.41) is 6.97. The summed E-state index contributed by atoms with van der Waals surface area (Å²) in [6, 6.07) is 0. The van der Waals surface area contributed by atoms with Gasteiger partial charge in [0.1, 0.15) is 5.76 Å². The highest BCUT2D eigenvalue weighted by molar-refractivity contribution is 5.90. The Morgan fingerprint density at radius 3 is 2.40 bits per heavy atom. The molecule has 0 aliphatic rings. The third-order valence-electron chi connectivity index (χ3n) is 1.26. The molecule has 0 bridgehead atoms. The van der Waals surface area contributed by atoms with Gasteiger partial charge in [-0.25, -0.2) is 4.98 Å². The fraction of sp³-hybridized carbons (Fsp3) is 0.333. The zero-order chi connectivity index (χ0) is 7.72. The summed E-state index contributed by atoms with van der Waals surface area (Å²) in [7, 11) is 0. The van der Waals surface area contributed by atoms with E-state index in [1.165, 1.54) is 0 Å². The molecule has 0 aromatic carbocycles. The lowest BCUT2D eigenvalue weighted by atomic mass is 10.4. The average Bonchev–Trinajstić information content (AvgIpc) is 2.13. The minimum atomic E-state index is -0.129. The molecular formula is C6H9N3O. The Kier molecular flexibility index (Phi) is 1.45. The lowest BCUT2D eigenvalue weighted by Gasteiger charge is -1.84. The SMILES string of the molecule is Cc1nc(C(=N)N)oc1C. The van der Waals surface area contributed by atoms with Crippen LogP contribution in [0.1, 0.15) is 17.3 Å². The van der Waals surface area contributed by atoms with E-state index >= 15 is 0 Å². The maximum atomic E-state index is 6.97. The summed E-state index contributed by atoms with van der Waals surface area (Å²) in [6.45, 7) is 3.60. The lowest BCUT2D eigenvalue weighted by Crippen LogP contribution is -2.11. The van der Waals surface area contributed by atoms with Crippen LogP contribution in [0.3, 0.4) is 0 Å². The van der Waals surface area contributed by atoms with Gasteiger partial charge in [-0.2, -0.15) is 0 Å². The highest BCUT2D eigenvalue weighted by Gasteiger charge is 2.06. The highest BCUT2D eigenvalue weighted by Crippen LogP contribution is 2.06. The van der Waals surface area contributed by atoms with Crippen LogP contribution >= 0.6 is 0 Å². The molecule has 3 N–H and O–H groups in total. The van der Waals surface area contributed by atoms with Crippen LogP contribution in [0.15, 0.2) is 4.42 Å². The van der Waals surface area contributed by atoms with E-state index in [1.54, 1.807) is 6.92 Å². The molecule has 0 saturated carbocycles. The standard InChI is InChI=1S/C6H9N3O/c1-3-4(2)10-6(9-3)5(7)8/h1-2H3,(H3,7,8). The number of oxazole rings is 1. The first-order valence-corrected chi connectivity index (χ1v) is 2.89. The summed E-state index contributed by atoms with van der Waals surface area (Å²) in [5.74, 6) is 0.788. The van der Waals surface area contributed by atoms with Crippen molar-refractivity contribution >= 4 is 5.84 Å². The number of aryl methyl sites for hydroxylation is 2. The van der Waals surface area contributed by atoms with Crippen LogP contribution in [0.25, 0.3) is 0 Å². The minimum absolute atomic E-state index is 0.129. The van der Waals surface area contributed by atoms with E-state index < -0.39 is 0 Å². The number of amidine groups is 1. The van der Waals surface area contributed by atoms with Gasteiger partial charge < -0.3 is 10.2 Å². The van der Waals surface area contributed by atoms with E-state index in [0.29, 0.717) is 5.76 Å². The largest absolute Gasteiger partial charge is 0.439 e. The Hall–Kier alpha value is -1.32. The van der Waals surface area contributed by atoms with E-state index in [-0.39, 0.29) is 11.7 Å². The molecule has 0 aliphatic carbocycles. The van der Waals surface area contributed by atoms with Crippen LogP contribution in [-0.4, -0.2) is 10.8 Å². The third kappa shape index (κ3) is 1.00. The van der Waals surface area contributed by atoms with Crippen molar-refractivity contribution in [1.82, 2.24) is 4.98 Å². The summed E-state index contributed by atoms with van der Waals surface area (Å²) >= 11 is 0. The van der Waals surface area contributed by atoms with Gasteiger partial charge in [0, 0.05) is 0 Å². The molecule has 0 saturated heterocycles. The molecule has 4 heteroatoms. The first-order valence-electron chi connectivity index (χ1n) is 2.89. The van der Waals surface area contributed by atoms with Gasteiger partial charge in [0.15, 0.2) is 5.84 Å². The molecule has 0 fully saturated rings. The molecule has 1 rings (SSSR count). The Balaban J connectivity index is 3.10. The smallest absolute Gasteiger partial charge is 0.262 e. The van der Waals surface area contributed by atoms with Crippen LogP contribution < -0.4 is 5.73 Å².